The smallest absolute Gasteiger partial charge is 0.407 e. The van der Waals surface area contributed by atoms with Crippen molar-refractivity contribution >= 4 is 35.2 Å². The molecule has 7 heteroatoms. The van der Waals surface area contributed by atoms with Crippen LogP contribution >= 0.6 is 23.2 Å². The first-order chi connectivity index (χ1) is 11.2. The number of likely N-dealkylation sites (N-methyl/N-ethyl adjacent to an activating group) is 2. The van der Waals surface area contributed by atoms with Crippen LogP contribution in [0.2, 0.25) is 10.0 Å². The Morgan fingerprint density at radius 2 is 1.92 bits per heavy atom. The molecule has 24 heavy (non-hydrogen) atoms. The Morgan fingerprint density at radius 3 is 2.38 bits per heavy atom. The molecular weight excluding hydrogens is 351 g/mol. The minimum absolute atomic E-state index is 0.0812. The van der Waals surface area contributed by atoms with E-state index in [4.69, 9.17) is 23.2 Å². The van der Waals surface area contributed by atoms with Gasteiger partial charge in [-0.3, -0.25) is 9.69 Å². The lowest BCUT2D eigenvalue weighted by atomic mass is 9.84. The zero-order valence-electron chi connectivity index (χ0n) is 14.1. The quantitative estimate of drug-likeness (QED) is 0.727. The minimum Gasteiger partial charge on any atom is -0.465 e. The molecule has 0 fully saturated rings. The van der Waals surface area contributed by atoms with Crippen molar-refractivity contribution in [2.45, 2.75) is 25.3 Å². The highest BCUT2D eigenvalue weighted by Gasteiger charge is 2.40. The van der Waals surface area contributed by atoms with Gasteiger partial charge in [0.2, 0.25) is 5.91 Å². The highest BCUT2D eigenvalue weighted by molar-refractivity contribution is 6.42. The first-order valence-electron chi connectivity index (χ1n) is 7.46. The van der Waals surface area contributed by atoms with E-state index in [0.717, 1.165) is 0 Å². The summed E-state index contributed by atoms with van der Waals surface area (Å²) in [5, 5.41) is 10.3. The van der Waals surface area contributed by atoms with Crippen LogP contribution in [0.3, 0.4) is 0 Å². The molecule has 1 rings (SSSR count). The van der Waals surface area contributed by atoms with Gasteiger partial charge in [0.1, 0.15) is 0 Å². The van der Waals surface area contributed by atoms with Crippen molar-refractivity contribution in [3.05, 3.63) is 46.5 Å². The number of halogens is 2. The zero-order valence-corrected chi connectivity index (χ0v) is 15.6. The number of benzene rings is 1. The van der Waals surface area contributed by atoms with Gasteiger partial charge in [0, 0.05) is 27.1 Å². The zero-order chi connectivity index (χ0) is 18.5. The number of nitrogens with zero attached hydrogens (tertiary/aromatic N) is 2. The normalized spacial score (nSPS) is 13.0. The summed E-state index contributed by atoms with van der Waals surface area (Å²) < 4.78 is 0. The Labute approximate surface area is 152 Å². The molecule has 0 aromatic heterocycles. The van der Waals surface area contributed by atoms with E-state index in [2.05, 4.69) is 6.58 Å². The fraction of sp³-hybridized carbons (Fsp3) is 0.412. The molecule has 0 heterocycles. The Bertz CT molecular complexity index is 636. The fourth-order valence-electron chi connectivity index (χ4n) is 2.67. The van der Waals surface area contributed by atoms with Crippen LogP contribution < -0.4 is 0 Å². The van der Waals surface area contributed by atoms with Crippen molar-refractivity contribution in [2.24, 2.45) is 0 Å². The molecule has 1 aromatic carbocycles. The second-order valence-electron chi connectivity index (χ2n) is 5.60. The van der Waals surface area contributed by atoms with E-state index in [1.54, 1.807) is 38.2 Å². The molecule has 1 atom stereocenters. The number of carbonyl (C=O) groups is 2. The topological polar surface area (TPSA) is 60.9 Å². The SMILES string of the molecule is C=CCC(CN(C)C(=O)CC)(c1ccc(Cl)c(Cl)c1)N(C)C(=O)O. The van der Waals surface area contributed by atoms with Crippen molar-refractivity contribution in [1.82, 2.24) is 9.80 Å². The second kappa shape index (κ2) is 8.40. The third kappa shape index (κ3) is 4.22. The summed E-state index contributed by atoms with van der Waals surface area (Å²) in [6, 6.07) is 4.98. The Hall–Kier alpha value is -1.72. The molecule has 0 radical (unpaired) electrons. The molecule has 132 valence electrons. The highest BCUT2D eigenvalue weighted by Crippen LogP contribution is 2.36. The molecule has 0 aliphatic rings. The standard InChI is InChI=1S/C17H22Cl2N2O3/c1-5-9-17(21(4)16(23)24,11-20(3)15(22)6-2)12-7-8-13(18)14(19)10-12/h5,7-8,10H,1,6,9,11H2,2-4H3,(H,23,24). The maximum absolute atomic E-state index is 12.0. The Morgan fingerprint density at radius 1 is 1.29 bits per heavy atom. The number of rotatable bonds is 7. The molecule has 2 amide bonds. The maximum Gasteiger partial charge on any atom is 0.407 e. The fourth-order valence-corrected chi connectivity index (χ4v) is 2.97. The lowest BCUT2D eigenvalue weighted by Gasteiger charge is -2.43. The summed E-state index contributed by atoms with van der Waals surface area (Å²) in [5.41, 5.74) is -0.362. The van der Waals surface area contributed by atoms with E-state index >= 15 is 0 Å². The van der Waals surface area contributed by atoms with E-state index in [9.17, 15) is 14.7 Å². The van der Waals surface area contributed by atoms with Gasteiger partial charge in [0.05, 0.1) is 15.6 Å². The summed E-state index contributed by atoms with van der Waals surface area (Å²) in [7, 11) is 3.12. The highest BCUT2D eigenvalue weighted by atomic mass is 35.5. The summed E-state index contributed by atoms with van der Waals surface area (Å²) in [4.78, 5) is 26.4. The molecule has 0 spiro atoms. The van der Waals surface area contributed by atoms with Gasteiger partial charge in [-0.05, 0) is 24.1 Å². The van der Waals surface area contributed by atoms with Crippen molar-refractivity contribution in [3.8, 4) is 0 Å². The van der Waals surface area contributed by atoms with Gasteiger partial charge in [0.25, 0.3) is 0 Å². The molecule has 0 aliphatic heterocycles. The maximum atomic E-state index is 12.0. The lowest BCUT2D eigenvalue weighted by molar-refractivity contribution is -0.131. The van der Waals surface area contributed by atoms with Crippen LogP contribution in [0.5, 0.6) is 0 Å². The average molecular weight is 373 g/mol. The van der Waals surface area contributed by atoms with Gasteiger partial charge >= 0.3 is 6.09 Å². The molecule has 0 aliphatic carbocycles. The lowest BCUT2D eigenvalue weighted by Crippen LogP contribution is -2.53. The third-order valence-corrected chi connectivity index (χ3v) is 4.83. The second-order valence-corrected chi connectivity index (χ2v) is 6.41. The molecule has 5 nitrogen and oxygen atoms in total. The predicted octanol–water partition coefficient (Wildman–Crippen LogP) is 4.24. The van der Waals surface area contributed by atoms with Crippen LogP contribution in [0, 0.1) is 0 Å². The molecule has 1 N–H and O–H groups in total. The Kier molecular flexibility index (Phi) is 7.11. The van der Waals surface area contributed by atoms with E-state index in [0.29, 0.717) is 28.5 Å². The van der Waals surface area contributed by atoms with Crippen molar-refractivity contribution in [3.63, 3.8) is 0 Å². The Balaban J connectivity index is 3.50. The van der Waals surface area contributed by atoms with Crippen LogP contribution in [-0.4, -0.2) is 47.5 Å². The summed E-state index contributed by atoms with van der Waals surface area (Å²) >= 11 is 12.1. The van der Waals surface area contributed by atoms with E-state index in [1.165, 1.54) is 16.8 Å². The molecular formula is C17H22Cl2N2O3. The minimum atomic E-state index is -1.11. The summed E-state index contributed by atoms with van der Waals surface area (Å²) in [5.74, 6) is -0.0812. The first-order valence-corrected chi connectivity index (χ1v) is 8.22. The number of carbonyl (C=O) groups excluding carboxylic acids is 1. The monoisotopic (exact) mass is 372 g/mol. The van der Waals surface area contributed by atoms with Crippen LogP contribution in [0.1, 0.15) is 25.3 Å². The summed E-state index contributed by atoms with van der Waals surface area (Å²) in [6.07, 6.45) is 1.17. The van der Waals surface area contributed by atoms with Gasteiger partial charge in [-0.15, -0.1) is 6.58 Å². The van der Waals surface area contributed by atoms with Crippen molar-refractivity contribution < 1.29 is 14.7 Å². The molecule has 0 bridgehead atoms. The van der Waals surface area contributed by atoms with Gasteiger partial charge in [-0.1, -0.05) is 42.3 Å². The number of amides is 2. The number of carboxylic acid groups (broad SMARTS) is 1. The van der Waals surface area contributed by atoms with E-state index < -0.39 is 11.6 Å². The van der Waals surface area contributed by atoms with Gasteiger partial charge < -0.3 is 10.0 Å². The largest absolute Gasteiger partial charge is 0.465 e. The van der Waals surface area contributed by atoms with E-state index in [1.807, 2.05) is 0 Å². The molecule has 1 aromatic rings. The average Bonchev–Trinajstić information content (AvgIpc) is 2.55. The molecule has 1 unspecified atom stereocenters. The predicted molar refractivity (Wildman–Crippen MR) is 96.7 cm³/mol. The van der Waals surface area contributed by atoms with E-state index in [-0.39, 0.29) is 12.5 Å². The number of hydrogen-bond acceptors (Lipinski definition) is 2. The first kappa shape index (κ1) is 20.3. The third-order valence-electron chi connectivity index (χ3n) is 4.09. The molecule has 0 saturated heterocycles. The summed E-state index contributed by atoms with van der Waals surface area (Å²) in [6.45, 7) is 5.67. The van der Waals surface area contributed by atoms with Crippen LogP contribution in [0.4, 0.5) is 4.79 Å². The van der Waals surface area contributed by atoms with Gasteiger partial charge in [-0.25, -0.2) is 4.79 Å². The van der Waals surface area contributed by atoms with Gasteiger partial charge in [0.15, 0.2) is 0 Å². The van der Waals surface area contributed by atoms with Crippen LogP contribution in [-0.2, 0) is 10.3 Å². The number of hydrogen-bond donors (Lipinski definition) is 1. The van der Waals surface area contributed by atoms with Crippen molar-refractivity contribution in [1.29, 1.82) is 0 Å². The van der Waals surface area contributed by atoms with Crippen molar-refractivity contribution in [2.75, 3.05) is 20.6 Å². The molecule has 0 saturated carbocycles. The van der Waals surface area contributed by atoms with Crippen LogP contribution in [0.25, 0.3) is 0 Å². The van der Waals surface area contributed by atoms with Gasteiger partial charge in [-0.2, -0.15) is 0 Å². The van der Waals surface area contributed by atoms with Crippen LogP contribution in [0.15, 0.2) is 30.9 Å².